The zero-order chi connectivity index (χ0) is 20.6. The molecule has 1 saturated heterocycles. The molecular formula is C22H27ClN2O4. The van der Waals surface area contributed by atoms with Crippen LogP contribution in [-0.4, -0.2) is 62.7 Å². The third kappa shape index (κ3) is 5.78. The molecule has 2 aromatic rings. The molecule has 1 heterocycles. The molecule has 0 N–H and O–H groups in total. The quantitative estimate of drug-likeness (QED) is 0.657. The minimum absolute atomic E-state index is 0.107. The largest absolute Gasteiger partial charge is 0.497 e. The van der Waals surface area contributed by atoms with Crippen LogP contribution in [-0.2, 0) is 11.3 Å². The van der Waals surface area contributed by atoms with E-state index in [-0.39, 0.29) is 5.91 Å². The summed E-state index contributed by atoms with van der Waals surface area (Å²) in [6, 6.07) is 13.1. The predicted octanol–water partition coefficient (Wildman–Crippen LogP) is 3.47. The summed E-state index contributed by atoms with van der Waals surface area (Å²) in [6.07, 6.45) is 0.342. The van der Waals surface area contributed by atoms with Crippen LogP contribution in [0, 0.1) is 0 Å². The average molecular weight is 419 g/mol. The SMILES string of the molecule is COc1ccc(OC)c(CN2CCN(C(=O)CCOc3ccccc3Cl)CC2)c1. The molecule has 0 radical (unpaired) electrons. The molecule has 7 heteroatoms. The normalized spacial score (nSPS) is 14.5. The van der Waals surface area contributed by atoms with E-state index in [1.807, 2.05) is 35.2 Å². The molecule has 1 aliphatic heterocycles. The third-order valence-electron chi connectivity index (χ3n) is 5.02. The van der Waals surface area contributed by atoms with Gasteiger partial charge < -0.3 is 19.1 Å². The van der Waals surface area contributed by atoms with E-state index in [4.69, 9.17) is 25.8 Å². The number of benzene rings is 2. The van der Waals surface area contributed by atoms with Crippen LogP contribution in [0.5, 0.6) is 17.2 Å². The van der Waals surface area contributed by atoms with Crippen molar-refractivity contribution in [2.75, 3.05) is 47.0 Å². The Morgan fingerprint density at radius 2 is 1.76 bits per heavy atom. The molecule has 0 aliphatic carbocycles. The van der Waals surface area contributed by atoms with E-state index < -0.39 is 0 Å². The summed E-state index contributed by atoms with van der Waals surface area (Å²) < 4.78 is 16.4. The van der Waals surface area contributed by atoms with Gasteiger partial charge in [-0.3, -0.25) is 9.69 Å². The standard InChI is InChI=1S/C22H27ClN2O4/c1-27-18-7-8-20(28-2)17(15-18)16-24-10-12-25(13-11-24)22(26)9-14-29-21-6-4-3-5-19(21)23/h3-8,15H,9-14,16H2,1-2H3. The van der Waals surface area contributed by atoms with Gasteiger partial charge in [0.25, 0.3) is 0 Å². The summed E-state index contributed by atoms with van der Waals surface area (Å²) in [4.78, 5) is 16.7. The van der Waals surface area contributed by atoms with E-state index in [0.29, 0.717) is 36.9 Å². The number of carbonyl (C=O) groups excluding carboxylic acids is 1. The summed E-state index contributed by atoms with van der Waals surface area (Å²) in [5.74, 6) is 2.38. The highest BCUT2D eigenvalue weighted by atomic mass is 35.5. The van der Waals surface area contributed by atoms with Crippen LogP contribution in [0.1, 0.15) is 12.0 Å². The van der Waals surface area contributed by atoms with Crippen molar-refractivity contribution in [3.8, 4) is 17.2 Å². The smallest absolute Gasteiger partial charge is 0.226 e. The van der Waals surface area contributed by atoms with Crippen LogP contribution in [0.15, 0.2) is 42.5 Å². The Balaban J connectivity index is 1.45. The van der Waals surface area contributed by atoms with Crippen molar-refractivity contribution in [2.45, 2.75) is 13.0 Å². The van der Waals surface area contributed by atoms with Gasteiger partial charge in [-0.2, -0.15) is 0 Å². The number of rotatable bonds is 8. The lowest BCUT2D eigenvalue weighted by atomic mass is 10.1. The van der Waals surface area contributed by atoms with Gasteiger partial charge in [0.05, 0.1) is 32.3 Å². The summed E-state index contributed by atoms with van der Waals surface area (Å²) in [7, 11) is 3.33. The lowest BCUT2D eigenvalue weighted by molar-refractivity contribution is -0.133. The highest BCUT2D eigenvalue weighted by molar-refractivity contribution is 6.32. The molecule has 0 spiro atoms. The van der Waals surface area contributed by atoms with Crippen LogP contribution >= 0.6 is 11.6 Å². The Morgan fingerprint density at radius 1 is 1.00 bits per heavy atom. The Kier molecular flexibility index (Phi) is 7.61. The number of amides is 1. The third-order valence-corrected chi connectivity index (χ3v) is 5.33. The van der Waals surface area contributed by atoms with Gasteiger partial charge in [0, 0.05) is 38.3 Å². The molecule has 1 amide bonds. The molecule has 0 saturated carbocycles. The lowest BCUT2D eigenvalue weighted by Crippen LogP contribution is -2.48. The maximum absolute atomic E-state index is 12.5. The number of para-hydroxylation sites is 1. The maximum atomic E-state index is 12.5. The topological polar surface area (TPSA) is 51.2 Å². The Labute approximate surface area is 176 Å². The lowest BCUT2D eigenvalue weighted by Gasteiger charge is -2.35. The van der Waals surface area contributed by atoms with E-state index in [9.17, 15) is 4.79 Å². The van der Waals surface area contributed by atoms with Gasteiger partial charge >= 0.3 is 0 Å². The van der Waals surface area contributed by atoms with Gasteiger partial charge in [-0.05, 0) is 30.3 Å². The first-order valence-electron chi connectivity index (χ1n) is 9.69. The molecule has 0 bridgehead atoms. The van der Waals surface area contributed by atoms with Gasteiger partial charge in [0.2, 0.25) is 5.91 Å². The van der Waals surface area contributed by atoms with E-state index in [0.717, 1.165) is 36.7 Å². The minimum atomic E-state index is 0.107. The number of methoxy groups -OCH3 is 2. The molecule has 6 nitrogen and oxygen atoms in total. The summed E-state index contributed by atoms with van der Waals surface area (Å²) >= 11 is 6.07. The fraction of sp³-hybridized carbons (Fsp3) is 0.409. The maximum Gasteiger partial charge on any atom is 0.226 e. The van der Waals surface area contributed by atoms with Crippen LogP contribution in [0.3, 0.4) is 0 Å². The monoisotopic (exact) mass is 418 g/mol. The van der Waals surface area contributed by atoms with Crippen LogP contribution in [0.25, 0.3) is 0 Å². The summed E-state index contributed by atoms with van der Waals surface area (Å²) in [5.41, 5.74) is 1.08. The molecule has 3 rings (SSSR count). The fourth-order valence-corrected chi connectivity index (χ4v) is 3.56. The summed E-state index contributed by atoms with van der Waals surface area (Å²) in [5, 5.41) is 0.557. The van der Waals surface area contributed by atoms with Crippen LogP contribution in [0.4, 0.5) is 0 Å². The number of hydrogen-bond donors (Lipinski definition) is 0. The number of hydrogen-bond acceptors (Lipinski definition) is 5. The number of carbonyl (C=O) groups is 1. The molecule has 156 valence electrons. The predicted molar refractivity (Wildman–Crippen MR) is 113 cm³/mol. The van der Waals surface area contributed by atoms with Gasteiger partial charge in [0.1, 0.15) is 17.2 Å². The van der Waals surface area contributed by atoms with Crippen molar-refractivity contribution in [3.05, 3.63) is 53.1 Å². The van der Waals surface area contributed by atoms with Gasteiger partial charge in [-0.15, -0.1) is 0 Å². The van der Waals surface area contributed by atoms with E-state index in [1.165, 1.54) is 0 Å². The number of ether oxygens (including phenoxy) is 3. The van der Waals surface area contributed by atoms with E-state index >= 15 is 0 Å². The van der Waals surface area contributed by atoms with Crippen molar-refractivity contribution in [3.63, 3.8) is 0 Å². The second-order valence-electron chi connectivity index (χ2n) is 6.86. The van der Waals surface area contributed by atoms with Crippen molar-refractivity contribution < 1.29 is 19.0 Å². The molecule has 1 fully saturated rings. The average Bonchev–Trinajstić information content (AvgIpc) is 2.75. The molecule has 0 unspecified atom stereocenters. The van der Waals surface area contributed by atoms with Gasteiger partial charge in [-0.25, -0.2) is 0 Å². The van der Waals surface area contributed by atoms with Crippen LogP contribution < -0.4 is 14.2 Å². The van der Waals surface area contributed by atoms with Crippen molar-refractivity contribution in [1.82, 2.24) is 9.80 Å². The fourth-order valence-electron chi connectivity index (χ4n) is 3.37. The minimum Gasteiger partial charge on any atom is -0.497 e. The zero-order valence-corrected chi connectivity index (χ0v) is 17.7. The summed E-state index contributed by atoms with van der Waals surface area (Å²) in [6.45, 7) is 4.13. The van der Waals surface area contributed by atoms with Crippen LogP contribution in [0.2, 0.25) is 5.02 Å². The van der Waals surface area contributed by atoms with Crippen molar-refractivity contribution >= 4 is 17.5 Å². The molecule has 0 aromatic heterocycles. The Morgan fingerprint density at radius 3 is 2.45 bits per heavy atom. The van der Waals surface area contributed by atoms with Gasteiger partial charge in [-0.1, -0.05) is 23.7 Å². The van der Waals surface area contributed by atoms with Gasteiger partial charge in [0.15, 0.2) is 0 Å². The highest BCUT2D eigenvalue weighted by Gasteiger charge is 2.22. The Hall–Kier alpha value is -2.44. The second-order valence-corrected chi connectivity index (χ2v) is 7.27. The van der Waals surface area contributed by atoms with Crippen molar-refractivity contribution in [1.29, 1.82) is 0 Å². The molecule has 29 heavy (non-hydrogen) atoms. The number of piperazine rings is 1. The zero-order valence-electron chi connectivity index (χ0n) is 16.9. The molecule has 1 aliphatic rings. The molecule has 2 aromatic carbocycles. The van der Waals surface area contributed by atoms with E-state index in [1.54, 1.807) is 26.4 Å². The first kappa shape index (κ1) is 21.3. The first-order valence-corrected chi connectivity index (χ1v) is 10.1. The number of nitrogens with zero attached hydrogens (tertiary/aromatic N) is 2. The van der Waals surface area contributed by atoms with Crippen molar-refractivity contribution in [2.24, 2.45) is 0 Å². The second kappa shape index (κ2) is 10.4. The molecular weight excluding hydrogens is 392 g/mol. The Bertz CT molecular complexity index is 822. The molecule has 0 atom stereocenters. The van der Waals surface area contributed by atoms with E-state index in [2.05, 4.69) is 4.90 Å². The number of halogens is 1. The highest BCUT2D eigenvalue weighted by Crippen LogP contribution is 2.26. The first-order chi connectivity index (χ1) is 14.1.